The molecule has 1 aromatic carbocycles. The molecule has 0 saturated carbocycles. The number of amides is 1. The Labute approximate surface area is 154 Å². The van der Waals surface area contributed by atoms with Gasteiger partial charge in [0.25, 0.3) is 5.91 Å². The fraction of sp³-hybridized carbons (Fsp3) is 0.211. The summed E-state index contributed by atoms with van der Waals surface area (Å²) in [5.41, 5.74) is 1.63. The van der Waals surface area contributed by atoms with E-state index in [9.17, 15) is 9.59 Å². The number of nitrogens with zero attached hydrogens (tertiary/aromatic N) is 2. The first-order chi connectivity index (χ1) is 13.1. The number of hydrogen-bond donors (Lipinski definition) is 1. The van der Waals surface area contributed by atoms with Gasteiger partial charge >= 0.3 is 5.97 Å². The molecular weight excluding hydrogens is 350 g/mol. The highest BCUT2D eigenvalue weighted by Gasteiger charge is 2.21. The summed E-state index contributed by atoms with van der Waals surface area (Å²) in [6.45, 7) is 2.00. The van der Waals surface area contributed by atoms with E-state index in [0.717, 1.165) is 5.56 Å². The summed E-state index contributed by atoms with van der Waals surface area (Å²) in [7, 11) is 0. The smallest absolute Gasteiger partial charge is 0.359 e. The third-order valence-corrected chi connectivity index (χ3v) is 4.13. The van der Waals surface area contributed by atoms with Gasteiger partial charge in [-0.15, -0.1) is 0 Å². The van der Waals surface area contributed by atoms with Crippen molar-refractivity contribution in [2.24, 2.45) is 0 Å². The first kappa shape index (κ1) is 16.9. The van der Waals surface area contributed by atoms with Crippen LogP contribution in [0.4, 0.5) is 0 Å². The number of imidazole rings is 1. The van der Waals surface area contributed by atoms with Gasteiger partial charge < -0.3 is 23.9 Å². The minimum atomic E-state index is -0.948. The van der Waals surface area contributed by atoms with E-state index in [0.29, 0.717) is 17.1 Å². The zero-order valence-corrected chi connectivity index (χ0v) is 14.5. The molecule has 0 spiro atoms. The number of nitrogens with one attached hydrogen (secondary N) is 1. The van der Waals surface area contributed by atoms with Gasteiger partial charge in [0.15, 0.2) is 23.3 Å². The van der Waals surface area contributed by atoms with Crippen molar-refractivity contribution in [1.82, 2.24) is 14.7 Å². The number of aromatic nitrogens is 2. The first-order valence-corrected chi connectivity index (χ1v) is 8.41. The molecule has 0 bridgehead atoms. The molecular formula is C19H17N3O5. The van der Waals surface area contributed by atoms with Crippen LogP contribution in [-0.4, -0.2) is 34.2 Å². The van der Waals surface area contributed by atoms with Gasteiger partial charge in [0, 0.05) is 18.9 Å². The van der Waals surface area contributed by atoms with E-state index in [2.05, 4.69) is 10.3 Å². The fourth-order valence-electron chi connectivity index (χ4n) is 2.69. The number of fused-ring (bicyclic) bond motifs is 2. The molecule has 1 amide bonds. The van der Waals surface area contributed by atoms with Crippen LogP contribution in [0.5, 0.6) is 11.5 Å². The average molecular weight is 367 g/mol. The van der Waals surface area contributed by atoms with E-state index in [-0.39, 0.29) is 19.0 Å². The zero-order valence-electron chi connectivity index (χ0n) is 14.5. The highest BCUT2D eigenvalue weighted by atomic mass is 16.7. The largest absolute Gasteiger partial charge is 0.454 e. The number of pyridine rings is 1. The molecule has 1 aliphatic rings. The van der Waals surface area contributed by atoms with E-state index < -0.39 is 18.0 Å². The number of rotatable bonds is 5. The minimum absolute atomic E-state index is 0.150. The van der Waals surface area contributed by atoms with Crippen LogP contribution < -0.4 is 14.8 Å². The monoisotopic (exact) mass is 367 g/mol. The van der Waals surface area contributed by atoms with E-state index in [4.69, 9.17) is 14.2 Å². The molecule has 0 saturated heterocycles. The van der Waals surface area contributed by atoms with Gasteiger partial charge in [0.2, 0.25) is 6.79 Å². The van der Waals surface area contributed by atoms with Crippen LogP contribution in [0.2, 0.25) is 0 Å². The maximum Gasteiger partial charge on any atom is 0.359 e. The second-order valence-electron chi connectivity index (χ2n) is 6.05. The molecule has 0 aliphatic carbocycles. The molecule has 27 heavy (non-hydrogen) atoms. The predicted molar refractivity (Wildman–Crippen MR) is 94.5 cm³/mol. The average Bonchev–Trinajstić information content (AvgIpc) is 3.31. The van der Waals surface area contributed by atoms with Crippen LogP contribution >= 0.6 is 0 Å². The van der Waals surface area contributed by atoms with Crippen LogP contribution in [0, 0.1) is 0 Å². The Bertz CT molecular complexity index is 981. The Kier molecular flexibility index (Phi) is 4.37. The number of benzene rings is 1. The molecule has 4 rings (SSSR count). The number of carbonyl (C=O) groups is 2. The summed E-state index contributed by atoms with van der Waals surface area (Å²) >= 11 is 0. The number of esters is 1. The van der Waals surface area contributed by atoms with Gasteiger partial charge in [-0.25, -0.2) is 9.78 Å². The van der Waals surface area contributed by atoms with E-state index >= 15 is 0 Å². The third-order valence-electron chi connectivity index (χ3n) is 4.13. The van der Waals surface area contributed by atoms with Crippen molar-refractivity contribution in [3.8, 4) is 11.5 Å². The predicted octanol–water partition coefficient (Wildman–Crippen LogP) is 1.92. The lowest BCUT2D eigenvalue weighted by Gasteiger charge is -2.13. The van der Waals surface area contributed by atoms with Crippen LogP contribution in [0.15, 0.2) is 48.8 Å². The highest BCUT2D eigenvalue weighted by Crippen LogP contribution is 2.32. The Morgan fingerprint density at radius 1 is 1.26 bits per heavy atom. The number of carbonyl (C=O) groups excluding carboxylic acids is 2. The van der Waals surface area contributed by atoms with Gasteiger partial charge in [-0.1, -0.05) is 12.1 Å². The van der Waals surface area contributed by atoms with Gasteiger partial charge in [0.05, 0.1) is 0 Å². The molecule has 0 radical (unpaired) electrons. The Morgan fingerprint density at radius 2 is 2.11 bits per heavy atom. The molecule has 0 unspecified atom stereocenters. The van der Waals surface area contributed by atoms with Crippen LogP contribution in [0.25, 0.3) is 5.65 Å². The normalized spacial score (nSPS) is 13.4. The zero-order chi connectivity index (χ0) is 18.8. The van der Waals surface area contributed by atoms with Crippen LogP contribution in [0.1, 0.15) is 23.0 Å². The molecule has 138 valence electrons. The lowest BCUT2D eigenvalue weighted by atomic mass is 10.2. The maximum atomic E-state index is 12.2. The van der Waals surface area contributed by atoms with Crippen molar-refractivity contribution in [3.05, 3.63) is 60.0 Å². The molecule has 8 heteroatoms. The highest BCUT2D eigenvalue weighted by molar-refractivity contribution is 5.91. The minimum Gasteiger partial charge on any atom is -0.454 e. The van der Waals surface area contributed by atoms with Gasteiger partial charge in [-0.2, -0.15) is 0 Å². The first-order valence-electron chi connectivity index (χ1n) is 8.41. The van der Waals surface area contributed by atoms with E-state index in [1.165, 1.54) is 6.92 Å². The topological polar surface area (TPSA) is 91.2 Å². The number of ether oxygens (including phenoxy) is 3. The van der Waals surface area contributed by atoms with Crippen LogP contribution in [-0.2, 0) is 16.1 Å². The Morgan fingerprint density at radius 3 is 2.96 bits per heavy atom. The molecule has 0 fully saturated rings. The summed E-state index contributed by atoms with van der Waals surface area (Å²) in [6.07, 6.45) is 2.39. The molecule has 1 aliphatic heterocycles. The molecule has 3 heterocycles. The van der Waals surface area contributed by atoms with Crippen molar-refractivity contribution in [2.45, 2.75) is 19.6 Å². The third kappa shape index (κ3) is 3.55. The molecule has 3 aromatic rings. The van der Waals surface area contributed by atoms with Gasteiger partial charge in [0.1, 0.15) is 5.65 Å². The van der Waals surface area contributed by atoms with E-state index in [1.54, 1.807) is 35.0 Å². The second-order valence-corrected chi connectivity index (χ2v) is 6.05. The second kappa shape index (κ2) is 6.99. The lowest BCUT2D eigenvalue weighted by molar-refractivity contribution is -0.129. The standard InChI is InChI=1S/C19H17N3O5/c1-12(27-19(24)14-10-22-7-3-2-4-17(22)21-14)18(23)20-9-13-5-6-15-16(8-13)26-11-25-15/h2-8,10,12H,9,11H2,1H3,(H,20,23)/t12-/m0/s1. The SMILES string of the molecule is C[C@H](OC(=O)c1cn2ccccc2n1)C(=O)NCc1ccc2c(c1)OCO2. The Balaban J connectivity index is 1.34. The van der Waals surface area contributed by atoms with E-state index in [1.807, 2.05) is 18.2 Å². The van der Waals surface area contributed by atoms with Gasteiger partial charge in [-0.05, 0) is 36.8 Å². The molecule has 1 atom stereocenters. The van der Waals surface area contributed by atoms with Crippen molar-refractivity contribution in [3.63, 3.8) is 0 Å². The fourth-order valence-corrected chi connectivity index (χ4v) is 2.69. The summed E-state index contributed by atoms with van der Waals surface area (Å²) < 4.78 is 17.5. The summed E-state index contributed by atoms with van der Waals surface area (Å²) in [5, 5.41) is 2.74. The summed E-state index contributed by atoms with van der Waals surface area (Å²) in [4.78, 5) is 28.6. The van der Waals surface area contributed by atoms with Crippen molar-refractivity contribution < 1.29 is 23.8 Å². The van der Waals surface area contributed by atoms with Crippen molar-refractivity contribution >= 4 is 17.5 Å². The summed E-state index contributed by atoms with van der Waals surface area (Å²) in [5.74, 6) is 0.280. The van der Waals surface area contributed by atoms with Crippen molar-refractivity contribution in [2.75, 3.05) is 6.79 Å². The lowest BCUT2D eigenvalue weighted by Crippen LogP contribution is -2.35. The van der Waals surface area contributed by atoms with Crippen LogP contribution in [0.3, 0.4) is 0 Å². The van der Waals surface area contributed by atoms with Gasteiger partial charge in [-0.3, -0.25) is 4.79 Å². The summed E-state index contributed by atoms with van der Waals surface area (Å²) in [6, 6.07) is 10.9. The van der Waals surface area contributed by atoms with Crippen molar-refractivity contribution in [1.29, 1.82) is 0 Å². The number of hydrogen-bond acceptors (Lipinski definition) is 6. The Hall–Kier alpha value is -3.55. The quantitative estimate of drug-likeness (QED) is 0.693. The molecule has 8 nitrogen and oxygen atoms in total. The maximum absolute atomic E-state index is 12.2. The molecule has 2 aromatic heterocycles. The molecule has 1 N–H and O–H groups in total.